The Bertz CT molecular complexity index is 1490. The van der Waals surface area contributed by atoms with Crippen molar-refractivity contribution >= 4 is 30.7 Å². The zero-order chi connectivity index (χ0) is 31.3. The van der Waals surface area contributed by atoms with Gasteiger partial charge in [0.15, 0.2) is 0 Å². The van der Waals surface area contributed by atoms with E-state index in [1.54, 1.807) is 4.90 Å². The van der Waals surface area contributed by atoms with Crippen LogP contribution in [0.2, 0.25) is 5.04 Å². The maximum Gasteiger partial charge on any atom is 0.411 e. The number of likely N-dealkylation sites (tertiary alicyclic amines) is 2. The molecule has 0 aromatic heterocycles. The maximum absolute atomic E-state index is 14.3. The molecule has 1 spiro atoms. The zero-order valence-electron chi connectivity index (χ0n) is 27.1. The van der Waals surface area contributed by atoms with Crippen molar-refractivity contribution in [2.75, 3.05) is 13.1 Å². The topological polar surface area (TPSA) is 59.1 Å². The molecule has 2 amide bonds. The first-order valence-corrected chi connectivity index (χ1v) is 18.0. The van der Waals surface area contributed by atoms with Gasteiger partial charge >= 0.3 is 14.4 Å². The summed E-state index contributed by atoms with van der Waals surface area (Å²) in [6.45, 7) is 13.7. The molecule has 3 aliphatic rings. The lowest BCUT2D eigenvalue weighted by Crippen LogP contribution is -2.68. The first kappa shape index (κ1) is 30.4. The highest BCUT2D eigenvalue weighted by Crippen LogP contribution is 2.47. The molecule has 2 saturated heterocycles. The fourth-order valence-electron chi connectivity index (χ4n) is 7.79. The molecule has 0 bridgehead atoms. The number of ether oxygens (including phenoxy) is 1. The van der Waals surface area contributed by atoms with Crippen molar-refractivity contribution in [3.05, 3.63) is 90.0 Å². The normalized spacial score (nSPS) is 22.0. The molecular formula is C37H46N2O4Si. The number of amides is 2. The molecule has 0 radical (unpaired) electrons. The van der Waals surface area contributed by atoms with E-state index in [4.69, 9.17) is 9.16 Å². The summed E-state index contributed by atoms with van der Waals surface area (Å²) in [5.74, 6) is 0.916. The molecule has 3 aromatic carbocycles. The van der Waals surface area contributed by atoms with E-state index in [9.17, 15) is 9.59 Å². The lowest BCUT2D eigenvalue weighted by molar-refractivity contribution is -0.138. The molecule has 44 heavy (non-hydrogen) atoms. The number of carbonyl (C=O) groups excluding carboxylic acids is 2. The van der Waals surface area contributed by atoms with Crippen LogP contribution in [0.1, 0.15) is 84.4 Å². The average molecular weight is 611 g/mol. The number of benzene rings is 3. The van der Waals surface area contributed by atoms with Crippen LogP contribution >= 0.6 is 0 Å². The molecular weight excluding hydrogens is 565 g/mol. The van der Waals surface area contributed by atoms with E-state index in [1.807, 2.05) is 25.7 Å². The monoisotopic (exact) mass is 610 g/mol. The molecule has 2 unspecified atom stereocenters. The van der Waals surface area contributed by atoms with Gasteiger partial charge in [-0.25, -0.2) is 4.79 Å². The maximum atomic E-state index is 14.3. The summed E-state index contributed by atoms with van der Waals surface area (Å²) in [5, 5.41) is 2.31. The van der Waals surface area contributed by atoms with Gasteiger partial charge in [-0.05, 0) is 91.5 Å². The molecule has 232 valence electrons. The third-order valence-corrected chi connectivity index (χ3v) is 14.7. The lowest BCUT2D eigenvalue weighted by Gasteiger charge is -2.43. The van der Waals surface area contributed by atoms with Crippen molar-refractivity contribution < 1.29 is 18.8 Å². The third-order valence-electron chi connectivity index (χ3n) is 9.76. The summed E-state index contributed by atoms with van der Waals surface area (Å²) in [6, 6.07) is 27.9. The van der Waals surface area contributed by atoms with Crippen LogP contribution < -0.4 is 14.8 Å². The predicted octanol–water partition coefficient (Wildman–Crippen LogP) is 6.61. The minimum Gasteiger partial charge on any atom is -0.534 e. The van der Waals surface area contributed by atoms with Gasteiger partial charge in [-0.1, -0.05) is 87.5 Å². The van der Waals surface area contributed by atoms with Crippen LogP contribution in [0.25, 0.3) is 0 Å². The highest BCUT2D eigenvalue weighted by molar-refractivity contribution is 7.00. The van der Waals surface area contributed by atoms with Crippen molar-refractivity contribution in [3.8, 4) is 5.75 Å². The predicted molar refractivity (Wildman–Crippen MR) is 177 cm³/mol. The molecule has 2 aliphatic heterocycles. The van der Waals surface area contributed by atoms with E-state index in [0.29, 0.717) is 25.9 Å². The Morgan fingerprint density at radius 3 is 2.09 bits per heavy atom. The van der Waals surface area contributed by atoms with Gasteiger partial charge in [0.05, 0.1) is 6.04 Å². The largest absolute Gasteiger partial charge is 0.534 e. The standard InChI is InChI=1S/C37H46N2O4Si/c1-35(2,3)42-34(41)39-24-13-22-37(39)23-25-38(33(37)40)32-21-19-27-18-20-28(26-31(27)32)43-44(36(4,5)6,29-14-9-7-10-15-29)30-16-11-8-12-17-30/h7-12,14-18,20,26,32H,13,19,21-25H2,1-6H3. The van der Waals surface area contributed by atoms with Gasteiger partial charge in [0.1, 0.15) is 16.9 Å². The van der Waals surface area contributed by atoms with E-state index in [1.165, 1.54) is 21.5 Å². The Morgan fingerprint density at radius 2 is 1.50 bits per heavy atom. The minimum absolute atomic E-state index is 0.0272. The van der Waals surface area contributed by atoms with Crippen LogP contribution in [0.4, 0.5) is 4.79 Å². The van der Waals surface area contributed by atoms with Gasteiger partial charge in [-0.15, -0.1) is 0 Å². The number of nitrogens with zero attached hydrogens (tertiary/aromatic N) is 2. The first-order chi connectivity index (χ1) is 20.9. The van der Waals surface area contributed by atoms with E-state index in [-0.39, 0.29) is 23.1 Å². The number of fused-ring (bicyclic) bond motifs is 1. The fraction of sp³-hybridized carbons (Fsp3) is 0.459. The number of rotatable bonds is 5. The third kappa shape index (κ3) is 5.13. The zero-order valence-corrected chi connectivity index (χ0v) is 28.1. The van der Waals surface area contributed by atoms with Crippen molar-refractivity contribution in [2.24, 2.45) is 0 Å². The van der Waals surface area contributed by atoms with Crippen molar-refractivity contribution in [1.29, 1.82) is 0 Å². The molecule has 0 N–H and O–H groups in total. The number of carbonyl (C=O) groups is 2. The highest BCUT2D eigenvalue weighted by Gasteiger charge is 2.57. The molecule has 2 atom stereocenters. The summed E-state index contributed by atoms with van der Waals surface area (Å²) in [6.07, 6.45) is 3.58. The number of aryl methyl sites for hydroxylation is 1. The van der Waals surface area contributed by atoms with E-state index in [0.717, 1.165) is 25.0 Å². The van der Waals surface area contributed by atoms with E-state index in [2.05, 4.69) is 99.6 Å². The van der Waals surface area contributed by atoms with Crippen molar-refractivity contribution in [3.63, 3.8) is 0 Å². The van der Waals surface area contributed by atoms with Gasteiger partial charge in [0.25, 0.3) is 0 Å². The van der Waals surface area contributed by atoms with Crippen molar-refractivity contribution in [1.82, 2.24) is 9.80 Å². The molecule has 1 aliphatic carbocycles. The molecule has 3 aromatic rings. The van der Waals surface area contributed by atoms with Gasteiger partial charge in [-0.3, -0.25) is 9.69 Å². The summed E-state index contributed by atoms with van der Waals surface area (Å²) in [5.41, 5.74) is 1.05. The second-order valence-electron chi connectivity index (χ2n) is 14.7. The molecule has 7 heteroatoms. The Labute approximate surface area is 263 Å². The average Bonchev–Trinajstić information content (AvgIpc) is 3.69. The van der Waals surface area contributed by atoms with Crippen LogP contribution in [-0.4, -0.2) is 54.3 Å². The lowest BCUT2D eigenvalue weighted by atomic mass is 9.94. The fourth-order valence-corrected chi connectivity index (χ4v) is 12.2. The Hall–Kier alpha value is -3.58. The number of hydrogen-bond acceptors (Lipinski definition) is 4. The van der Waals surface area contributed by atoms with Gasteiger partial charge < -0.3 is 14.1 Å². The molecule has 2 fully saturated rings. The molecule has 6 rings (SSSR count). The Morgan fingerprint density at radius 1 is 0.864 bits per heavy atom. The van der Waals surface area contributed by atoms with Crippen LogP contribution in [0.3, 0.4) is 0 Å². The second-order valence-corrected chi connectivity index (χ2v) is 18.9. The SMILES string of the molecule is CC(C)(C)OC(=O)N1CCCC12CCN(C1CCc3ccc(O[Si](c4ccccc4)(c4ccccc4)C(C)(C)C)cc31)C2=O. The van der Waals surface area contributed by atoms with Crippen LogP contribution in [0.5, 0.6) is 5.75 Å². The van der Waals surface area contributed by atoms with Crippen LogP contribution in [0.15, 0.2) is 78.9 Å². The Kier molecular flexibility index (Phi) is 7.68. The second kappa shape index (κ2) is 11.1. The molecule has 0 saturated carbocycles. The molecule has 6 nitrogen and oxygen atoms in total. The van der Waals surface area contributed by atoms with Crippen LogP contribution in [-0.2, 0) is 16.0 Å². The van der Waals surface area contributed by atoms with E-state index < -0.39 is 19.5 Å². The van der Waals surface area contributed by atoms with Crippen molar-refractivity contribution in [2.45, 2.75) is 95.9 Å². The molecule has 2 heterocycles. The summed E-state index contributed by atoms with van der Waals surface area (Å²) in [7, 11) is -2.80. The summed E-state index contributed by atoms with van der Waals surface area (Å²) < 4.78 is 13.1. The van der Waals surface area contributed by atoms with Gasteiger partial charge in [0.2, 0.25) is 5.91 Å². The Balaban J connectivity index is 1.33. The smallest absolute Gasteiger partial charge is 0.411 e. The minimum atomic E-state index is -2.80. The van der Waals surface area contributed by atoms with Gasteiger partial charge in [-0.2, -0.15) is 0 Å². The summed E-state index contributed by atoms with van der Waals surface area (Å²) in [4.78, 5) is 31.2. The quantitative estimate of drug-likeness (QED) is 0.305. The van der Waals surface area contributed by atoms with Gasteiger partial charge in [0, 0.05) is 13.1 Å². The highest BCUT2D eigenvalue weighted by atomic mass is 28.4. The number of hydrogen-bond donors (Lipinski definition) is 0. The van der Waals surface area contributed by atoms with Crippen LogP contribution in [0, 0.1) is 0 Å². The summed E-state index contributed by atoms with van der Waals surface area (Å²) >= 11 is 0. The first-order valence-electron chi connectivity index (χ1n) is 16.1. The van der Waals surface area contributed by atoms with E-state index >= 15 is 0 Å².